The third-order valence-electron chi connectivity index (χ3n) is 5.22. The van der Waals surface area contributed by atoms with Crippen molar-refractivity contribution in [3.8, 4) is 11.3 Å². The van der Waals surface area contributed by atoms with E-state index < -0.39 is 0 Å². The van der Waals surface area contributed by atoms with Gasteiger partial charge in [0, 0.05) is 31.6 Å². The quantitative estimate of drug-likeness (QED) is 0.589. The van der Waals surface area contributed by atoms with Gasteiger partial charge in [-0.3, -0.25) is 4.98 Å². The summed E-state index contributed by atoms with van der Waals surface area (Å²) in [4.78, 5) is 13.5. The first-order valence-corrected chi connectivity index (χ1v) is 9.13. The lowest BCUT2D eigenvalue weighted by Crippen LogP contribution is -2.35. The zero-order valence-electron chi connectivity index (χ0n) is 15.0. The van der Waals surface area contributed by atoms with Crippen LogP contribution >= 0.6 is 0 Å². The molecule has 4 aromatic rings. The van der Waals surface area contributed by atoms with Crippen LogP contribution in [0, 0.1) is 5.92 Å². The van der Waals surface area contributed by atoms with E-state index in [0.717, 1.165) is 47.2 Å². The van der Waals surface area contributed by atoms with E-state index in [1.807, 2.05) is 47.2 Å². The monoisotopic (exact) mass is 360 g/mol. The number of ether oxygens (including phenoxy) is 1. The summed E-state index contributed by atoms with van der Waals surface area (Å²) in [7, 11) is 1.77. The summed E-state index contributed by atoms with van der Waals surface area (Å²) in [6.45, 7) is 0.874. The van der Waals surface area contributed by atoms with Gasteiger partial charge in [0.15, 0.2) is 0 Å². The van der Waals surface area contributed by atoms with E-state index in [-0.39, 0.29) is 0 Å². The van der Waals surface area contributed by atoms with Gasteiger partial charge in [0.2, 0.25) is 5.95 Å². The normalized spacial score (nSPS) is 19.3. The summed E-state index contributed by atoms with van der Waals surface area (Å²) in [5, 5.41) is 7.91. The van der Waals surface area contributed by atoms with Crippen molar-refractivity contribution in [1.82, 2.24) is 24.6 Å². The maximum absolute atomic E-state index is 5.32. The Morgan fingerprint density at radius 2 is 2.07 bits per heavy atom. The molecule has 136 valence electrons. The Hall–Kier alpha value is -3.06. The average Bonchev–Trinajstić information content (AvgIpc) is 3.10. The molecule has 27 heavy (non-hydrogen) atoms. The minimum atomic E-state index is 0.414. The summed E-state index contributed by atoms with van der Waals surface area (Å²) in [6.07, 6.45) is 8.18. The number of nitrogens with one attached hydrogen (secondary N) is 1. The topological polar surface area (TPSA) is 77.2 Å². The Bertz CT molecular complexity index is 1100. The molecule has 1 fully saturated rings. The maximum Gasteiger partial charge on any atom is 0.241 e. The molecular weight excluding hydrogens is 340 g/mol. The molecule has 0 spiro atoms. The maximum atomic E-state index is 5.32. The number of aromatic nitrogens is 5. The summed E-state index contributed by atoms with van der Waals surface area (Å²) in [6, 6.07) is 9.86. The smallest absolute Gasteiger partial charge is 0.241 e. The van der Waals surface area contributed by atoms with Crippen molar-refractivity contribution < 1.29 is 4.74 Å². The van der Waals surface area contributed by atoms with E-state index in [1.165, 1.54) is 0 Å². The second-order valence-electron chi connectivity index (χ2n) is 6.96. The lowest BCUT2D eigenvalue weighted by atomic mass is 9.82. The number of fused-ring (bicyclic) bond motifs is 2. The Morgan fingerprint density at radius 3 is 2.96 bits per heavy atom. The molecule has 0 aliphatic heterocycles. The van der Waals surface area contributed by atoms with Gasteiger partial charge in [-0.25, -0.2) is 14.5 Å². The molecule has 7 heteroatoms. The Labute approximate surface area is 156 Å². The SMILES string of the molecule is COC1CC(CNc2ncc3c(-c4ccc5ncccc5n4)ccn3n2)C1. The van der Waals surface area contributed by atoms with Crippen LogP contribution in [0.25, 0.3) is 27.8 Å². The Morgan fingerprint density at radius 1 is 1.15 bits per heavy atom. The van der Waals surface area contributed by atoms with E-state index in [4.69, 9.17) is 9.72 Å². The van der Waals surface area contributed by atoms with Crippen molar-refractivity contribution in [2.24, 2.45) is 5.92 Å². The molecule has 0 aromatic carbocycles. The summed E-state index contributed by atoms with van der Waals surface area (Å²) < 4.78 is 7.17. The predicted octanol–water partition coefficient (Wildman–Crippen LogP) is 3.18. The number of pyridine rings is 2. The van der Waals surface area contributed by atoms with Gasteiger partial charge in [-0.05, 0) is 49.1 Å². The van der Waals surface area contributed by atoms with Gasteiger partial charge in [0.25, 0.3) is 0 Å². The van der Waals surface area contributed by atoms with Crippen LogP contribution in [0.3, 0.4) is 0 Å². The van der Waals surface area contributed by atoms with Gasteiger partial charge in [-0.2, -0.15) is 0 Å². The minimum Gasteiger partial charge on any atom is -0.381 e. The number of hydrogen-bond acceptors (Lipinski definition) is 6. The molecule has 1 aliphatic rings. The first-order chi connectivity index (χ1) is 13.3. The fourth-order valence-electron chi connectivity index (χ4n) is 3.57. The van der Waals surface area contributed by atoms with E-state index in [0.29, 0.717) is 18.0 Å². The lowest BCUT2D eigenvalue weighted by Gasteiger charge is -2.34. The lowest BCUT2D eigenvalue weighted by molar-refractivity contribution is 0.00558. The van der Waals surface area contributed by atoms with Crippen LogP contribution in [0.15, 0.2) is 48.9 Å². The van der Waals surface area contributed by atoms with Crippen LogP contribution in [0.4, 0.5) is 5.95 Å². The third-order valence-corrected chi connectivity index (χ3v) is 5.22. The minimum absolute atomic E-state index is 0.414. The molecule has 5 rings (SSSR count). The van der Waals surface area contributed by atoms with E-state index in [2.05, 4.69) is 20.4 Å². The second kappa shape index (κ2) is 6.59. The van der Waals surface area contributed by atoms with Gasteiger partial charge in [0.1, 0.15) is 0 Å². The van der Waals surface area contributed by atoms with Crippen LogP contribution in [-0.2, 0) is 4.74 Å². The molecular formula is C20H20N6O. The van der Waals surface area contributed by atoms with Gasteiger partial charge < -0.3 is 10.1 Å². The molecule has 0 bridgehead atoms. The standard InChI is InChI=1S/C20H20N6O/c1-27-14-9-13(10-14)11-22-20-23-12-19-15(6-8-26(19)25-20)16-4-5-17-18(24-16)3-2-7-21-17/h2-8,12-14H,9-11H2,1H3,(H,22,25). The fraction of sp³-hybridized carbons (Fsp3) is 0.300. The summed E-state index contributed by atoms with van der Waals surface area (Å²) in [5.41, 5.74) is 4.60. The molecule has 7 nitrogen and oxygen atoms in total. The highest BCUT2D eigenvalue weighted by atomic mass is 16.5. The van der Waals surface area contributed by atoms with Crippen molar-refractivity contribution in [3.05, 3.63) is 48.9 Å². The number of anilines is 1. The molecule has 1 saturated carbocycles. The molecule has 4 heterocycles. The van der Waals surface area contributed by atoms with Gasteiger partial charge in [-0.15, -0.1) is 5.10 Å². The van der Waals surface area contributed by atoms with Crippen molar-refractivity contribution in [2.45, 2.75) is 18.9 Å². The highest BCUT2D eigenvalue weighted by Gasteiger charge is 2.28. The van der Waals surface area contributed by atoms with Crippen LogP contribution in [0.2, 0.25) is 0 Å². The number of rotatable bonds is 5. The zero-order chi connectivity index (χ0) is 18.2. The summed E-state index contributed by atoms with van der Waals surface area (Å²) >= 11 is 0. The first kappa shape index (κ1) is 16.1. The van der Waals surface area contributed by atoms with Crippen LogP contribution < -0.4 is 5.32 Å². The highest BCUT2D eigenvalue weighted by Crippen LogP contribution is 2.29. The number of nitrogens with zero attached hydrogens (tertiary/aromatic N) is 5. The van der Waals surface area contributed by atoms with Crippen molar-refractivity contribution in [3.63, 3.8) is 0 Å². The molecule has 0 radical (unpaired) electrons. The van der Waals surface area contributed by atoms with E-state index >= 15 is 0 Å². The van der Waals surface area contributed by atoms with Crippen LogP contribution in [-0.4, -0.2) is 44.3 Å². The number of methoxy groups -OCH3 is 1. The Kier molecular flexibility index (Phi) is 3.94. The predicted molar refractivity (Wildman–Crippen MR) is 104 cm³/mol. The fourth-order valence-corrected chi connectivity index (χ4v) is 3.57. The number of hydrogen-bond donors (Lipinski definition) is 1. The molecule has 1 N–H and O–H groups in total. The average molecular weight is 360 g/mol. The molecule has 0 unspecified atom stereocenters. The Balaban J connectivity index is 1.38. The van der Waals surface area contributed by atoms with Crippen LogP contribution in [0.5, 0.6) is 0 Å². The van der Waals surface area contributed by atoms with E-state index in [9.17, 15) is 0 Å². The largest absolute Gasteiger partial charge is 0.381 e. The van der Waals surface area contributed by atoms with Crippen molar-refractivity contribution in [1.29, 1.82) is 0 Å². The molecule has 4 aromatic heterocycles. The van der Waals surface area contributed by atoms with Crippen LogP contribution in [0.1, 0.15) is 12.8 Å². The first-order valence-electron chi connectivity index (χ1n) is 9.13. The van der Waals surface area contributed by atoms with Gasteiger partial charge in [-0.1, -0.05) is 0 Å². The van der Waals surface area contributed by atoms with E-state index in [1.54, 1.807) is 13.3 Å². The molecule has 0 saturated heterocycles. The third kappa shape index (κ3) is 3.00. The summed E-state index contributed by atoms with van der Waals surface area (Å²) in [5.74, 6) is 1.27. The zero-order valence-corrected chi connectivity index (χ0v) is 15.0. The second-order valence-corrected chi connectivity index (χ2v) is 6.96. The molecule has 0 atom stereocenters. The molecule has 0 amide bonds. The van der Waals surface area contributed by atoms with Crippen molar-refractivity contribution in [2.75, 3.05) is 19.0 Å². The molecule has 1 aliphatic carbocycles. The van der Waals surface area contributed by atoms with Crippen molar-refractivity contribution >= 4 is 22.5 Å². The highest BCUT2D eigenvalue weighted by molar-refractivity contribution is 5.83. The van der Waals surface area contributed by atoms with Gasteiger partial charge >= 0.3 is 0 Å². The van der Waals surface area contributed by atoms with Gasteiger partial charge in [0.05, 0.1) is 34.5 Å².